The quantitative estimate of drug-likeness (QED) is 0.782. The van der Waals surface area contributed by atoms with E-state index in [1.165, 1.54) is 11.6 Å². The number of fused-ring (bicyclic) bond motifs is 1. The van der Waals surface area contributed by atoms with Gasteiger partial charge in [0.1, 0.15) is 5.82 Å². The Hall–Kier alpha value is -2.26. The molecule has 1 heterocycles. The summed E-state index contributed by atoms with van der Waals surface area (Å²) in [4.78, 5) is 4.44. The van der Waals surface area contributed by atoms with Gasteiger partial charge in [-0.3, -0.25) is 4.98 Å². The van der Waals surface area contributed by atoms with Crippen molar-refractivity contribution in [3.8, 4) is 0 Å². The normalized spacial score (nSPS) is 11.0. The first kappa shape index (κ1) is 13.7. The summed E-state index contributed by atoms with van der Waals surface area (Å²) in [5.74, 6) is -0.156. The number of aryl methyl sites for hydroxylation is 1. The molecule has 0 aliphatic carbocycles. The van der Waals surface area contributed by atoms with Gasteiger partial charge in [-0.05, 0) is 35.7 Å². The van der Waals surface area contributed by atoms with E-state index in [2.05, 4.69) is 28.5 Å². The maximum atomic E-state index is 13.2. The average Bonchev–Trinajstić information content (AvgIpc) is 2.51. The number of hydrogen-bond donors (Lipinski definition) is 1. The molecule has 0 fully saturated rings. The van der Waals surface area contributed by atoms with Gasteiger partial charge >= 0.3 is 0 Å². The Morgan fingerprint density at radius 3 is 2.76 bits per heavy atom. The van der Waals surface area contributed by atoms with Gasteiger partial charge in [-0.25, -0.2) is 4.39 Å². The number of benzene rings is 2. The van der Waals surface area contributed by atoms with Crippen LogP contribution in [0, 0.1) is 12.7 Å². The lowest BCUT2D eigenvalue weighted by atomic mass is 10.1. The molecule has 3 heteroatoms. The summed E-state index contributed by atoms with van der Waals surface area (Å²) in [5.41, 5.74) is 3.97. The van der Waals surface area contributed by atoms with Crippen LogP contribution in [-0.2, 0) is 13.1 Å². The molecule has 21 heavy (non-hydrogen) atoms. The van der Waals surface area contributed by atoms with Crippen LogP contribution in [0.25, 0.3) is 10.9 Å². The maximum Gasteiger partial charge on any atom is 0.126 e. The van der Waals surface area contributed by atoms with Crippen LogP contribution in [0.5, 0.6) is 0 Å². The lowest BCUT2D eigenvalue weighted by molar-refractivity contribution is 0.615. The van der Waals surface area contributed by atoms with Crippen molar-refractivity contribution in [2.45, 2.75) is 20.0 Å². The van der Waals surface area contributed by atoms with Gasteiger partial charge < -0.3 is 5.32 Å². The van der Waals surface area contributed by atoms with Gasteiger partial charge in [-0.1, -0.05) is 36.4 Å². The highest BCUT2D eigenvalue weighted by atomic mass is 19.1. The Morgan fingerprint density at radius 2 is 1.90 bits per heavy atom. The number of nitrogens with one attached hydrogen (secondary N) is 1. The van der Waals surface area contributed by atoms with Crippen molar-refractivity contribution < 1.29 is 4.39 Å². The summed E-state index contributed by atoms with van der Waals surface area (Å²) < 4.78 is 13.2. The van der Waals surface area contributed by atoms with E-state index in [-0.39, 0.29) is 5.82 Å². The van der Waals surface area contributed by atoms with Crippen molar-refractivity contribution in [3.63, 3.8) is 0 Å². The van der Waals surface area contributed by atoms with Gasteiger partial charge in [0.25, 0.3) is 0 Å². The molecule has 106 valence electrons. The average molecular weight is 280 g/mol. The molecule has 1 aromatic heterocycles. The van der Waals surface area contributed by atoms with Crippen LogP contribution >= 0.6 is 0 Å². The molecule has 0 spiro atoms. The van der Waals surface area contributed by atoms with Crippen LogP contribution in [0.1, 0.15) is 16.7 Å². The molecule has 0 aliphatic heterocycles. The fraction of sp³-hybridized carbons (Fsp3) is 0.167. The largest absolute Gasteiger partial charge is 0.309 e. The second-order valence-electron chi connectivity index (χ2n) is 5.18. The highest BCUT2D eigenvalue weighted by Gasteiger charge is 2.02. The third-order valence-electron chi connectivity index (χ3n) is 3.58. The molecule has 0 atom stereocenters. The second-order valence-corrected chi connectivity index (χ2v) is 5.18. The lowest BCUT2D eigenvalue weighted by Crippen LogP contribution is -2.13. The standard InChI is InChI=1S/C18H17FN2/c1-13-10-14(7-8-17(13)19)11-20-12-16-5-2-4-15-6-3-9-21-18(15)16/h2-10,20H,11-12H2,1H3. The van der Waals surface area contributed by atoms with Gasteiger partial charge in [0, 0.05) is 24.7 Å². The minimum Gasteiger partial charge on any atom is -0.309 e. The number of hydrogen-bond acceptors (Lipinski definition) is 2. The number of para-hydroxylation sites is 1. The lowest BCUT2D eigenvalue weighted by Gasteiger charge is -2.08. The molecule has 3 aromatic rings. The summed E-state index contributed by atoms with van der Waals surface area (Å²) in [6, 6.07) is 15.4. The zero-order valence-corrected chi connectivity index (χ0v) is 11.9. The first-order valence-corrected chi connectivity index (χ1v) is 7.02. The van der Waals surface area contributed by atoms with Crippen LogP contribution in [0.15, 0.2) is 54.7 Å². The predicted octanol–water partition coefficient (Wildman–Crippen LogP) is 3.97. The van der Waals surface area contributed by atoms with E-state index in [4.69, 9.17) is 0 Å². The minimum atomic E-state index is -0.156. The summed E-state index contributed by atoms with van der Waals surface area (Å²) in [5, 5.41) is 4.54. The van der Waals surface area contributed by atoms with Crippen molar-refractivity contribution in [1.82, 2.24) is 10.3 Å². The van der Waals surface area contributed by atoms with E-state index in [1.807, 2.05) is 30.5 Å². The third kappa shape index (κ3) is 3.09. The maximum absolute atomic E-state index is 13.2. The van der Waals surface area contributed by atoms with Crippen molar-refractivity contribution in [2.24, 2.45) is 0 Å². The predicted molar refractivity (Wildman–Crippen MR) is 83.4 cm³/mol. The van der Waals surface area contributed by atoms with E-state index in [0.717, 1.165) is 23.0 Å². The van der Waals surface area contributed by atoms with Gasteiger partial charge in [-0.2, -0.15) is 0 Å². The molecule has 0 aliphatic rings. The second kappa shape index (κ2) is 6.02. The molecular weight excluding hydrogens is 263 g/mol. The van der Waals surface area contributed by atoms with Crippen LogP contribution in [0.2, 0.25) is 0 Å². The van der Waals surface area contributed by atoms with Crippen molar-refractivity contribution >= 4 is 10.9 Å². The number of halogens is 1. The van der Waals surface area contributed by atoms with Gasteiger partial charge in [0.05, 0.1) is 5.52 Å². The third-order valence-corrected chi connectivity index (χ3v) is 3.58. The highest BCUT2D eigenvalue weighted by molar-refractivity contribution is 5.81. The molecule has 0 bridgehead atoms. The fourth-order valence-corrected chi connectivity index (χ4v) is 2.47. The van der Waals surface area contributed by atoms with Crippen LogP contribution < -0.4 is 5.32 Å². The van der Waals surface area contributed by atoms with Crippen molar-refractivity contribution in [1.29, 1.82) is 0 Å². The van der Waals surface area contributed by atoms with Gasteiger partial charge in [0.2, 0.25) is 0 Å². The number of pyridine rings is 1. The van der Waals surface area contributed by atoms with E-state index in [9.17, 15) is 4.39 Å². The van der Waals surface area contributed by atoms with Crippen LogP contribution in [0.4, 0.5) is 4.39 Å². The Bertz CT molecular complexity index is 763. The molecule has 1 N–H and O–H groups in total. The first-order valence-electron chi connectivity index (χ1n) is 7.02. The van der Waals surface area contributed by atoms with Gasteiger partial charge in [0.15, 0.2) is 0 Å². The Labute approximate surface area is 123 Å². The molecular formula is C18H17FN2. The topological polar surface area (TPSA) is 24.9 Å². The highest BCUT2D eigenvalue weighted by Crippen LogP contribution is 2.16. The molecule has 2 aromatic carbocycles. The smallest absolute Gasteiger partial charge is 0.126 e. The zero-order chi connectivity index (χ0) is 14.7. The summed E-state index contributed by atoms with van der Waals surface area (Å²) >= 11 is 0. The Balaban J connectivity index is 1.70. The number of rotatable bonds is 4. The fourth-order valence-electron chi connectivity index (χ4n) is 2.47. The number of nitrogens with zero attached hydrogens (tertiary/aromatic N) is 1. The van der Waals surface area contributed by atoms with Crippen LogP contribution in [0.3, 0.4) is 0 Å². The summed E-state index contributed by atoms with van der Waals surface area (Å²) in [6.07, 6.45) is 1.81. The molecule has 2 nitrogen and oxygen atoms in total. The Kier molecular flexibility index (Phi) is 3.93. The van der Waals surface area contributed by atoms with E-state index >= 15 is 0 Å². The van der Waals surface area contributed by atoms with E-state index < -0.39 is 0 Å². The number of aromatic nitrogens is 1. The van der Waals surface area contributed by atoms with Crippen molar-refractivity contribution in [2.75, 3.05) is 0 Å². The summed E-state index contributed by atoms with van der Waals surface area (Å²) in [6.45, 7) is 3.24. The molecule has 0 radical (unpaired) electrons. The molecule has 0 saturated carbocycles. The van der Waals surface area contributed by atoms with Crippen molar-refractivity contribution in [3.05, 3.63) is 77.2 Å². The monoisotopic (exact) mass is 280 g/mol. The first-order chi connectivity index (χ1) is 10.2. The van der Waals surface area contributed by atoms with Gasteiger partial charge in [-0.15, -0.1) is 0 Å². The summed E-state index contributed by atoms with van der Waals surface area (Å²) in [7, 11) is 0. The SMILES string of the molecule is Cc1cc(CNCc2cccc3cccnc23)ccc1F. The van der Waals surface area contributed by atoms with Crippen LogP contribution in [-0.4, -0.2) is 4.98 Å². The molecule has 0 unspecified atom stereocenters. The molecule has 3 rings (SSSR count). The molecule has 0 saturated heterocycles. The Morgan fingerprint density at radius 1 is 1.05 bits per heavy atom. The van der Waals surface area contributed by atoms with E-state index in [1.54, 1.807) is 6.92 Å². The van der Waals surface area contributed by atoms with E-state index in [0.29, 0.717) is 12.1 Å². The minimum absolute atomic E-state index is 0.156. The zero-order valence-electron chi connectivity index (χ0n) is 11.9. The molecule has 0 amide bonds.